The van der Waals surface area contributed by atoms with Gasteiger partial charge in [0, 0.05) is 23.9 Å². The fourth-order valence-electron chi connectivity index (χ4n) is 1.99. The maximum Gasteiger partial charge on any atom is 0.600 e. The second-order valence-electron chi connectivity index (χ2n) is 3.94. The van der Waals surface area contributed by atoms with Gasteiger partial charge in [-0.05, 0) is 18.1 Å². The van der Waals surface area contributed by atoms with E-state index < -0.39 is 16.0 Å². The summed E-state index contributed by atoms with van der Waals surface area (Å²) in [5.74, 6) is 0. The SMILES string of the molecule is CCc1ccc2cc(CC)[s+](C(F)(F)F)c2c1. The van der Waals surface area contributed by atoms with Crippen molar-refractivity contribution in [3.8, 4) is 0 Å². The highest BCUT2D eigenvalue weighted by Gasteiger charge is 2.47. The van der Waals surface area contributed by atoms with Gasteiger partial charge in [-0.25, -0.2) is 0 Å². The third-order valence-corrected chi connectivity index (χ3v) is 5.05. The van der Waals surface area contributed by atoms with E-state index in [1.165, 1.54) is 0 Å². The molecule has 0 bridgehead atoms. The van der Waals surface area contributed by atoms with Gasteiger partial charge >= 0.3 is 5.51 Å². The van der Waals surface area contributed by atoms with E-state index in [4.69, 9.17) is 0 Å². The number of benzene rings is 1. The van der Waals surface area contributed by atoms with Crippen LogP contribution in [0.1, 0.15) is 24.3 Å². The first-order valence-electron chi connectivity index (χ1n) is 5.62. The summed E-state index contributed by atoms with van der Waals surface area (Å²) in [6.45, 7) is 3.74. The van der Waals surface area contributed by atoms with Crippen molar-refractivity contribution in [3.63, 3.8) is 0 Å². The largest absolute Gasteiger partial charge is 0.600 e. The fraction of sp³-hybridized carbons (Fsp3) is 0.385. The van der Waals surface area contributed by atoms with E-state index in [0.29, 0.717) is 16.0 Å². The molecule has 1 aromatic heterocycles. The van der Waals surface area contributed by atoms with Crippen LogP contribution in [0.5, 0.6) is 0 Å². The molecule has 2 rings (SSSR count). The molecule has 0 N–H and O–H groups in total. The molecule has 0 radical (unpaired) electrons. The van der Waals surface area contributed by atoms with Gasteiger partial charge in [0.2, 0.25) is 0 Å². The number of halogens is 3. The molecule has 1 heterocycles. The van der Waals surface area contributed by atoms with Crippen LogP contribution in [0, 0.1) is 0 Å². The molecule has 17 heavy (non-hydrogen) atoms. The van der Waals surface area contributed by atoms with Crippen LogP contribution in [-0.4, -0.2) is 0 Å². The zero-order chi connectivity index (χ0) is 12.6. The Morgan fingerprint density at radius 2 is 1.76 bits per heavy atom. The van der Waals surface area contributed by atoms with Gasteiger partial charge in [-0.1, -0.05) is 19.9 Å². The van der Waals surface area contributed by atoms with Crippen LogP contribution in [0.4, 0.5) is 13.2 Å². The Morgan fingerprint density at radius 3 is 2.29 bits per heavy atom. The summed E-state index contributed by atoms with van der Waals surface area (Å²) in [5, 5.41) is 0.736. The molecule has 92 valence electrons. The maximum atomic E-state index is 13.1. The predicted molar refractivity (Wildman–Crippen MR) is 66.5 cm³/mol. The molecular formula is C13H14F3S+. The Hall–Kier alpha value is -1.03. The van der Waals surface area contributed by atoms with E-state index in [1.54, 1.807) is 19.1 Å². The van der Waals surface area contributed by atoms with Gasteiger partial charge in [-0.2, -0.15) is 0 Å². The van der Waals surface area contributed by atoms with E-state index in [-0.39, 0.29) is 0 Å². The van der Waals surface area contributed by atoms with Gasteiger partial charge in [0.25, 0.3) is 0 Å². The van der Waals surface area contributed by atoms with Crippen molar-refractivity contribution in [1.29, 1.82) is 0 Å². The van der Waals surface area contributed by atoms with Crippen LogP contribution >= 0.6 is 10.5 Å². The summed E-state index contributed by atoms with van der Waals surface area (Å²) in [6.07, 6.45) is 1.22. The van der Waals surface area contributed by atoms with Gasteiger partial charge in [0.15, 0.2) is 9.58 Å². The second kappa shape index (κ2) is 4.33. The standard InChI is InChI=1S/C13H14F3S/c1-3-9-5-6-10-8-11(4-2)17(12(10)7-9)13(14,15)16/h5-8H,3-4H2,1-2H3/q+1. The van der Waals surface area contributed by atoms with E-state index >= 15 is 0 Å². The van der Waals surface area contributed by atoms with Crippen molar-refractivity contribution in [2.24, 2.45) is 0 Å². The summed E-state index contributed by atoms with van der Waals surface area (Å²) in [5.41, 5.74) is -3.18. The highest BCUT2D eigenvalue weighted by Crippen LogP contribution is 2.51. The van der Waals surface area contributed by atoms with Crippen molar-refractivity contribution in [1.82, 2.24) is 0 Å². The van der Waals surface area contributed by atoms with Crippen molar-refractivity contribution >= 4 is 20.6 Å². The average Bonchev–Trinajstić information content (AvgIpc) is 2.65. The fourth-order valence-corrected chi connectivity index (χ4v) is 3.98. The molecule has 1 unspecified atom stereocenters. The summed E-state index contributed by atoms with van der Waals surface area (Å²) in [6, 6.07) is 7.13. The molecule has 0 saturated carbocycles. The van der Waals surface area contributed by atoms with Crippen LogP contribution in [0.3, 0.4) is 0 Å². The Balaban J connectivity index is 2.76. The molecule has 0 saturated heterocycles. The lowest BCUT2D eigenvalue weighted by Gasteiger charge is -1.99. The van der Waals surface area contributed by atoms with Crippen LogP contribution in [0.15, 0.2) is 24.3 Å². The van der Waals surface area contributed by atoms with Gasteiger partial charge in [-0.3, -0.25) is 0 Å². The zero-order valence-corrected chi connectivity index (χ0v) is 10.6. The summed E-state index contributed by atoms with van der Waals surface area (Å²) in [7, 11) is -1.71. The number of aryl methyl sites for hydroxylation is 2. The van der Waals surface area contributed by atoms with Crippen molar-refractivity contribution in [2.75, 3.05) is 0 Å². The number of hydrogen-bond donors (Lipinski definition) is 0. The molecule has 0 fully saturated rings. The maximum absolute atomic E-state index is 13.1. The molecule has 0 aliphatic rings. The number of alkyl halides is 3. The molecule has 0 aliphatic heterocycles. The molecule has 0 spiro atoms. The summed E-state index contributed by atoms with van der Waals surface area (Å²) < 4.78 is 39.7. The highest BCUT2D eigenvalue weighted by atomic mass is 32.2. The molecule has 0 aliphatic carbocycles. The minimum absolute atomic E-state index is 0.453. The van der Waals surface area contributed by atoms with Crippen molar-refractivity contribution in [2.45, 2.75) is 32.2 Å². The van der Waals surface area contributed by atoms with Gasteiger partial charge < -0.3 is 0 Å². The minimum Gasteiger partial charge on any atom is -0.118 e. The second-order valence-corrected chi connectivity index (χ2v) is 5.98. The smallest absolute Gasteiger partial charge is 0.118 e. The molecule has 2 aromatic rings. The Labute approximate surface area is 101 Å². The monoisotopic (exact) mass is 259 g/mol. The molecule has 1 atom stereocenters. The lowest BCUT2D eigenvalue weighted by atomic mass is 10.1. The van der Waals surface area contributed by atoms with E-state index in [2.05, 4.69) is 0 Å². The van der Waals surface area contributed by atoms with Gasteiger partial charge in [-0.15, -0.1) is 13.2 Å². The van der Waals surface area contributed by atoms with E-state index in [9.17, 15) is 13.2 Å². The summed E-state index contributed by atoms with van der Waals surface area (Å²) in [4.78, 5) is 0.501. The quantitative estimate of drug-likeness (QED) is 0.651. The number of hydrogen-bond acceptors (Lipinski definition) is 0. The number of fused-ring (bicyclic) bond motifs is 1. The number of rotatable bonds is 2. The zero-order valence-electron chi connectivity index (χ0n) is 9.77. The third kappa shape index (κ3) is 2.18. The normalized spacial score (nSPS) is 13.4. The van der Waals surface area contributed by atoms with Gasteiger partial charge in [0.05, 0.1) is 10.5 Å². The molecular weight excluding hydrogens is 245 g/mol. The topological polar surface area (TPSA) is 0 Å². The lowest BCUT2D eigenvalue weighted by Crippen LogP contribution is -1.97. The van der Waals surface area contributed by atoms with Crippen LogP contribution in [0.2, 0.25) is 0 Å². The minimum atomic E-state index is -4.15. The van der Waals surface area contributed by atoms with Crippen molar-refractivity contribution in [3.05, 3.63) is 34.7 Å². The first kappa shape index (κ1) is 12.4. The molecule has 1 aromatic carbocycles. The lowest BCUT2D eigenvalue weighted by molar-refractivity contribution is -0.0867. The van der Waals surface area contributed by atoms with Gasteiger partial charge in [0.1, 0.15) is 0 Å². The predicted octanol–water partition coefficient (Wildman–Crippen LogP) is 5.19. The first-order chi connectivity index (χ1) is 7.97. The Kier molecular flexibility index (Phi) is 3.17. The molecule has 4 heteroatoms. The van der Waals surface area contributed by atoms with Crippen molar-refractivity contribution < 1.29 is 13.2 Å². The van der Waals surface area contributed by atoms with Crippen LogP contribution in [-0.2, 0) is 18.3 Å². The summed E-state index contributed by atoms with van der Waals surface area (Å²) >= 11 is 0. The van der Waals surface area contributed by atoms with E-state index in [0.717, 1.165) is 17.4 Å². The number of thiophene rings is 1. The van der Waals surface area contributed by atoms with E-state index in [1.807, 2.05) is 19.1 Å². The third-order valence-electron chi connectivity index (χ3n) is 2.86. The molecule has 0 nitrogen and oxygen atoms in total. The first-order valence-corrected chi connectivity index (χ1v) is 6.84. The highest BCUT2D eigenvalue weighted by molar-refractivity contribution is 7.38. The average molecular weight is 259 g/mol. The van der Waals surface area contributed by atoms with Crippen LogP contribution < -0.4 is 0 Å². The molecule has 0 amide bonds. The van der Waals surface area contributed by atoms with Crippen LogP contribution in [0.25, 0.3) is 10.1 Å². The Morgan fingerprint density at radius 1 is 1.06 bits per heavy atom. The Bertz CT molecular complexity index is 537.